The van der Waals surface area contributed by atoms with E-state index in [1.165, 1.54) is 0 Å². The highest BCUT2D eigenvalue weighted by Crippen LogP contribution is 2.20. The molecule has 23 heavy (non-hydrogen) atoms. The van der Waals surface area contributed by atoms with Crippen molar-refractivity contribution in [3.05, 3.63) is 24.0 Å². The van der Waals surface area contributed by atoms with Crippen molar-refractivity contribution in [3.63, 3.8) is 0 Å². The summed E-state index contributed by atoms with van der Waals surface area (Å²) in [5, 5.41) is 3.30. The number of hydrogen-bond donors (Lipinski definition) is 1. The summed E-state index contributed by atoms with van der Waals surface area (Å²) < 4.78 is 23.3. The summed E-state index contributed by atoms with van der Waals surface area (Å²) in [6.45, 7) is 6.52. The first-order valence-corrected chi connectivity index (χ1v) is 9.92. The van der Waals surface area contributed by atoms with Crippen molar-refractivity contribution in [2.75, 3.05) is 23.4 Å². The second kappa shape index (κ2) is 7.29. The van der Waals surface area contributed by atoms with Gasteiger partial charge < -0.3 is 10.2 Å². The van der Waals surface area contributed by atoms with Crippen LogP contribution in [-0.4, -0.2) is 54.3 Å². The molecule has 1 amide bonds. The van der Waals surface area contributed by atoms with E-state index in [0.29, 0.717) is 24.7 Å². The summed E-state index contributed by atoms with van der Waals surface area (Å²) in [4.78, 5) is 18.5. The molecule has 6 nitrogen and oxygen atoms in total. The Morgan fingerprint density at radius 1 is 1.43 bits per heavy atom. The molecule has 2 heterocycles. The Hall–Kier alpha value is -1.63. The van der Waals surface area contributed by atoms with E-state index in [2.05, 4.69) is 24.1 Å². The average molecular weight is 339 g/mol. The molecule has 2 atom stereocenters. The van der Waals surface area contributed by atoms with E-state index in [1.54, 1.807) is 17.2 Å². The minimum atomic E-state index is -3.01. The SMILES string of the molecule is CCC(C)Nc1ccc(C(=O)N(CC)C2CCS(=O)(=O)C2)nc1. The molecular formula is C16H25N3O3S. The first-order chi connectivity index (χ1) is 10.9. The van der Waals surface area contributed by atoms with Crippen molar-refractivity contribution in [3.8, 4) is 0 Å². The van der Waals surface area contributed by atoms with E-state index in [9.17, 15) is 13.2 Å². The first kappa shape index (κ1) is 17.7. The molecule has 1 aromatic rings. The fourth-order valence-electron chi connectivity index (χ4n) is 2.73. The summed E-state index contributed by atoms with van der Waals surface area (Å²) in [6, 6.07) is 3.64. The van der Waals surface area contributed by atoms with Crippen molar-refractivity contribution in [1.82, 2.24) is 9.88 Å². The number of aromatic nitrogens is 1. The van der Waals surface area contributed by atoms with Gasteiger partial charge in [0, 0.05) is 18.6 Å². The normalized spacial score (nSPS) is 20.9. The highest BCUT2D eigenvalue weighted by molar-refractivity contribution is 7.91. The predicted octanol–water partition coefficient (Wildman–Crippen LogP) is 1.94. The Morgan fingerprint density at radius 3 is 2.65 bits per heavy atom. The van der Waals surface area contributed by atoms with Crippen LogP contribution in [0.1, 0.15) is 44.1 Å². The standard InChI is InChI=1S/C16H25N3O3S/c1-4-12(3)18-13-6-7-15(17-10-13)16(20)19(5-2)14-8-9-23(21,22)11-14/h6-7,10,12,14,18H,4-5,8-9,11H2,1-3H3. The second-order valence-electron chi connectivity index (χ2n) is 6.03. The zero-order chi connectivity index (χ0) is 17.0. The lowest BCUT2D eigenvalue weighted by Crippen LogP contribution is -2.41. The zero-order valence-electron chi connectivity index (χ0n) is 13.9. The van der Waals surface area contributed by atoms with Crippen molar-refractivity contribution < 1.29 is 13.2 Å². The van der Waals surface area contributed by atoms with Crippen molar-refractivity contribution in [1.29, 1.82) is 0 Å². The van der Waals surface area contributed by atoms with Gasteiger partial charge in [-0.3, -0.25) is 4.79 Å². The number of carbonyl (C=O) groups excluding carboxylic acids is 1. The molecule has 1 aliphatic rings. The summed E-state index contributed by atoms with van der Waals surface area (Å²) in [6.07, 6.45) is 3.16. The molecule has 1 aliphatic heterocycles. The minimum absolute atomic E-state index is 0.0558. The smallest absolute Gasteiger partial charge is 0.272 e. The Balaban J connectivity index is 2.09. The third-order valence-electron chi connectivity index (χ3n) is 4.26. The van der Waals surface area contributed by atoms with E-state index in [0.717, 1.165) is 12.1 Å². The van der Waals surface area contributed by atoms with Gasteiger partial charge in [0.25, 0.3) is 5.91 Å². The van der Waals surface area contributed by atoms with Crippen LogP contribution in [0.2, 0.25) is 0 Å². The summed E-state index contributed by atoms with van der Waals surface area (Å²) in [5.41, 5.74) is 1.23. The fraction of sp³-hybridized carbons (Fsp3) is 0.625. The van der Waals surface area contributed by atoms with Gasteiger partial charge >= 0.3 is 0 Å². The summed E-state index contributed by atoms with van der Waals surface area (Å²) >= 11 is 0. The quantitative estimate of drug-likeness (QED) is 0.857. The van der Waals surface area contributed by atoms with E-state index in [1.807, 2.05) is 13.0 Å². The van der Waals surface area contributed by atoms with E-state index in [4.69, 9.17) is 0 Å². The molecule has 0 bridgehead atoms. The molecule has 1 aromatic heterocycles. The fourth-order valence-corrected chi connectivity index (χ4v) is 4.46. The van der Waals surface area contributed by atoms with Crippen LogP contribution in [0.15, 0.2) is 18.3 Å². The number of amides is 1. The van der Waals surface area contributed by atoms with Crippen molar-refractivity contribution in [2.24, 2.45) is 0 Å². The number of carbonyl (C=O) groups is 1. The van der Waals surface area contributed by atoms with Crippen LogP contribution >= 0.6 is 0 Å². The van der Waals surface area contributed by atoms with E-state index < -0.39 is 9.84 Å². The van der Waals surface area contributed by atoms with Crippen molar-refractivity contribution >= 4 is 21.4 Å². The van der Waals surface area contributed by atoms with Gasteiger partial charge in [0.1, 0.15) is 5.69 Å². The molecular weight excluding hydrogens is 314 g/mol. The molecule has 1 saturated heterocycles. The maximum Gasteiger partial charge on any atom is 0.272 e. The number of sulfone groups is 1. The molecule has 0 spiro atoms. The Morgan fingerprint density at radius 2 is 2.17 bits per heavy atom. The summed E-state index contributed by atoms with van der Waals surface area (Å²) in [5.74, 6) is 0.0112. The van der Waals surface area contributed by atoms with Crippen LogP contribution in [0.25, 0.3) is 0 Å². The molecule has 1 fully saturated rings. The highest BCUT2D eigenvalue weighted by Gasteiger charge is 2.34. The van der Waals surface area contributed by atoms with Crippen LogP contribution in [0.5, 0.6) is 0 Å². The third-order valence-corrected chi connectivity index (χ3v) is 6.01. The molecule has 0 aromatic carbocycles. The lowest BCUT2D eigenvalue weighted by Gasteiger charge is -2.26. The first-order valence-electron chi connectivity index (χ1n) is 8.10. The van der Waals surface area contributed by atoms with Crippen LogP contribution in [0.3, 0.4) is 0 Å². The van der Waals surface area contributed by atoms with Gasteiger partial charge in [-0.15, -0.1) is 0 Å². The van der Waals surface area contributed by atoms with Gasteiger partial charge in [-0.05, 0) is 38.8 Å². The lowest BCUT2D eigenvalue weighted by molar-refractivity contribution is 0.0702. The maximum absolute atomic E-state index is 12.6. The average Bonchev–Trinajstić information content (AvgIpc) is 2.88. The topological polar surface area (TPSA) is 79.4 Å². The Kier molecular flexibility index (Phi) is 5.62. The minimum Gasteiger partial charge on any atom is -0.381 e. The third kappa shape index (κ3) is 4.43. The number of nitrogens with one attached hydrogen (secondary N) is 1. The molecule has 0 aliphatic carbocycles. The van der Waals surface area contributed by atoms with E-state index >= 15 is 0 Å². The van der Waals surface area contributed by atoms with Crippen molar-refractivity contribution in [2.45, 2.75) is 45.7 Å². The lowest BCUT2D eigenvalue weighted by atomic mass is 10.2. The molecule has 1 N–H and O–H groups in total. The van der Waals surface area contributed by atoms with Crippen LogP contribution in [0.4, 0.5) is 5.69 Å². The molecule has 0 saturated carbocycles. The molecule has 0 radical (unpaired) electrons. The number of anilines is 1. The zero-order valence-corrected chi connectivity index (χ0v) is 14.8. The maximum atomic E-state index is 12.6. The predicted molar refractivity (Wildman–Crippen MR) is 91.4 cm³/mol. The Bertz CT molecular complexity index is 643. The van der Waals surface area contributed by atoms with Crippen LogP contribution in [0, 0.1) is 0 Å². The molecule has 128 valence electrons. The molecule has 2 rings (SSSR count). The van der Waals surface area contributed by atoms with Gasteiger partial charge in [0.15, 0.2) is 9.84 Å². The van der Waals surface area contributed by atoms with E-state index in [-0.39, 0.29) is 23.5 Å². The molecule has 7 heteroatoms. The number of nitrogens with zero attached hydrogens (tertiary/aromatic N) is 2. The van der Waals surface area contributed by atoms with Gasteiger partial charge in [-0.2, -0.15) is 0 Å². The van der Waals surface area contributed by atoms with Gasteiger partial charge in [0.2, 0.25) is 0 Å². The monoisotopic (exact) mass is 339 g/mol. The van der Waals surface area contributed by atoms with Crippen LogP contribution < -0.4 is 5.32 Å². The van der Waals surface area contributed by atoms with Crippen LogP contribution in [-0.2, 0) is 9.84 Å². The summed E-state index contributed by atoms with van der Waals surface area (Å²) in [7, 11) is -3.01. The largest absolute Gasteiger partial charge is 0.381 e. The number of hydrogen-bond acceptors (Lipinski definition) is 5. The highest BCUT2D eigenvalue weighted by atomic mass is 32.2. The second-order valence-corrected chi connectivity index (χ2v) is 8.26. The number of rotatable bonds is 6. The number of pyridine rings is 1. The Labute approximate surface area is 138 Å². The van der Waals surface area contributed by atoms with Gasteiger partial charge in [-0.1, -0.05) is 6.92 Å². The van der Waals surface area contributed by atoms with Gasteiger partial charge in [-0.25, -0.2) is 13.4 Å². The molecule has 2 unspecified atom stereocenters. The van der Waals surface area contributed by atoms with Gasteiger partial charge in [0.05, 0.1) is 23.4 Å².